The second kappa shape index (κ2) is 43.8. The van der Waals surface area contributed by atoms with Crippen LogP contribution in [0.2, 0.25) is 0 Å². The molecule has 0 N–H and O–H groups in total. The van der Waals surface area contributed by atoms with Gasteiger partial charge in [-0.2, -0.15) is 4.57 Å². The highest BCUT2D eigenvalue weighted by molar-refractivity contribution is 7.49. The Bertz CT molecular complexity index is 1910. The first-order valence-corrected chi connectivity index (χ1v) is 38.2. The van der Waals surface area contributed by atoms with Crippen LogP contribution in [0.5, 0.6) is 17.2 Å². The molecule has 0 aliphatic carbocycles. The normalized spacial score (nSPS) is 11.8. The Morgan fingerprint density at radius 1 is 0.181 bits per heavy atom. The molecule has 5 heteroatoms. The molecule has 83 heavy (non-hydrogen) atoms. The van der Waals surface area contributed by atoms with Crippen molar-refractivity contribution in [3.05, 3.63) is 83.5 Å². The summed E-state index contributed by atoms with van der Waals surface area (Å²) >= 11 is 0. The van der Waals surface area contributed by atoms with E-state index in [0.717, 1.165) is 268 Å². The first kappa shape index (κ1) is 74.5. The van der Waals surface area contributed by atoms with Crippen molar-refractivity contribution in [2.24, 2.45) is 0 Å². The van der Waals surface area contributed by atoms with Gasteiger partial charge in [0.1, 0.15) is 17.2 Å². The van der Waals surface area contributed by atoms with Crippen molar-refractivity contribution >= 4 is 7.82 Å². The maximum Gasteiger partial charge on any atom is 0.647 e. The molecule has 0 aliphatic rings. The fourth-order valence-corrected chi connectivity index (χ4v) is 14.8. The number of phosphoric ester groups is 1. The van der Waals surface area contributed by atoms with E-state index in [1.54, 1.807) is 16.7 Å². The first-order valence-electron chi connectivity index (χ1n) is 36.8. The van der Waals surface area contributed by atoms with Crippen LogP contribution >= 0.6 is 7.82 Å². The molecule has 0 saturated heterocycles. The summed E-state index contributed by atoms with van der Waals surface area (Å²) in [5.74, 6) is 2.62. The second-order valence-electron chi connectivity index (χ2n) is 25.4. The number of phosphoric acid groups is 1. The van der Waals surface area contributed by atoms with Gasteiger partial charge in [-0.1, -0.05) is 200 Å². The van der Waals surface area contributed by atoms with Crippen LogP contribution in [0, 0.1) is 0 Å². The van der Waals surface area contributed by atoms with E-state index in [1.807, 2.05) is 0 Å². The summed E-state index contributed by atoms with van der Waals surface area (Å²) in [5, 5.41) is 0. The third-order valence-corrected chi connectivity index (χ3v) is 19.5. The molecule has 0 heterocycles. The molecule has 0 unspecified atom stereocenters. The minimum Gasteiger partial charge on any atom is -0.385 e. The highest BCUT2D eigenvalue weighted by Crippen LogP contribution is 2.58. The standard InChI is InChI=1S/C78H135O4P/c1-16-31-46-61-64(49-34-19-4)70(55-40-25-10)76(71(56-41-26-11)65(61)50-35-20-5)80-83(79,81-77-72(57-42-27-12)66(51-36-21-6)62(47-32-17-2)67(52-37-22-7)73(77)58-43-28-13)82-78-74(59-44-29-14)68(53-38-23-8)63(48-33-18-3)69(54-39-24-9)75(78)60-45-30-15/h16-60H2,1-15H3. The smallest absolute Gasteiger partial charge is 0.385 e. The topological polar surface area (TPSA) is 44.8 Å². The number of hydrogen-bond donors (Lipinski definition) is 0. The van der Waals surface area contributed by atoms with Gasteiger partial charge in [-0.15, -0.1) is 0 Å². The van der Waals surface area contributed by atoms with Crippen LogP contribution in [0.25, 0.3) is 0 Å². The third-order valence-electron chi connectivity index (χ3n) is 18.3. The van der Waals surface area contributed by atoms with Crippen LogP contribution in [0.15, 0.2) is 0 Å². The number of benzene rings is 3. The molecule has 0 atom stereocenters. The molecule has 476 valence electrons. The lowest BCUT2D eigenvalue weighted by Gasteiger charge is -2.33. The summed E-state index contributed by atoms with van der Waals surface area (Å²) in [7, 11) is -4.62. The summed E-state index contributed by atoms with van der Waals surface area (Å²) in [6, 6.07) is 0. The molecule has 0 radical (unpaired) electrons. The molecule has 0 amide bonds. The van der Waals surface area contributed by atoms with E-state index in [0.29, 0.717) is 0 Å². The van der Waals surface area contributed by atoms with Crippen molar-refractivity contribution in [2.45, 2.75) is 393 Å². The largest absolute Gasteiger partial charge is 0.647 e. The maximum atomic E-state index is 18.3. The molecule has 0 aliphatic heterocycles. The lowest BCUT2D eigenvalue weighted by molar-refractivity contribution is 0.290. The van der Waals surface area contributed by atoms with Gasteiger partial charge in [0, 0.05) is 0 Å². The summed E-state index contributed by atoms with van der Waals surface area (Å²) in [4.78, 5) is 0. The molecule has 0 spiro atoms. The monoisotopic (exact) mass is 1170 g/mol. The Hall–Kier alpha value is -2.71. The van der Waals surface area contributed by atoms with Gasteiger partial charge in [0.2, 0.25) is 0 Å². The molecule has 3 rings (SSSR count). The summed E-state index contributed by atoms with van der Waals surface area (Å²) in [6.07, 6.45) is 48.4. The quantitative estimate of drug-likeness (QED) is 0.0529. The van der Waals surface area contributed by atoms with Crippen molar-refractivity contribution in [1.82, 2.24) is 0 Å². The van der Waals surface area contributed by atoms with Crippen LogP contribution in [-0.2, 0) is 101 Å². The minimum absolute atomic E-state index is 0.872. The van der Waals surface area contributed by atoms with E-state index in [1.165, 1.54) is 105 Å². The SMILES string of the molecule is CCCCc1c(CCCC)c(CCCC)c(OP(=O)(Oc2c(CCCC)c(CCCC)c(CCCC)c(CCCC)c2CCCC)Oc2c(CCCC)c(CCCC)c(CCCC)c(CCCC)c2CCCC)c(CCCC)c1CCCC. The van der Waals surface area contributed by atoms with Gasteiger partial charge < -0.3 is 13.6 Å². The molecule has 0 aromatic heterocycles. The fraction of sp³-hybridized carbons (Fsp3) is 0.769. The molecular formula is C78H135O4P. The summed E-state index contributed by atoms with van der Waals surface area (Å²) in [6.45, 7) is 35.2. The first-order chi connectivity index (χ1) is 40.5. The third kappa shape index (κ3) is 22.8. The van der Waals surface area contributed by atoms with Gasteiger partial charge in [-0.05, 0) is 276 Å². The lowest BCUT2D eigenvalue weighted by Crippen LogP contribution is -2.20. The molecule has 0 bridgehead atoms. The second-order valence-corrected chi connectivity index (χ2v) is 26.9. The van der Waals surface area contributed by atoms with Crippen LogP contribution in [0.3, 0.4) is 0 Å². The van der Waals surface area contributed by atoms with Crippen molar-refractivity contribution in [3.8, 4) is 17.2 Å². The highest BCUT2D eigenvalue weighted by atomic mass is 31.2. The van der Waals surface area contributed by atoms with E-state index in [9.17, 15) is 0 Å². The van der Waals surface area contributed by atoms with Gasteiger partial charge in [0.15, 0.2) is 0 Å². The average molecular weight is 1170 g/mol. The molecular weight excluding hydrogens is 1030 g/mol. The predicted octanol–water partition coefficient (Wildman–Crippen LogP) is 25.5. The van der Waals surface area contributed by atoms with Crippen molar-refractivity contribution in [2.75, 3.05) is 0 Å². The number of rotatable bonds is 51. The predicted molar refractivity (Wildman–Crippen MR) is 368 cm³/mol. The maximum absolute atomic E-state index is 18.3. The molecule has 3 aromatic rings. The Morgan fingerprint density at radius 3 is 0.386 bits per heavy atom. The lowest BCUT2D eigenvalue weighted by atomic mass is 9.81. The number of hydrogen-bond acceptors (Lipinski definition) is 4. The summed E-state index contributed by atoms with van der Waals surface area (Å²) < 4.78 is 42.6. The van der Waals surface area contributed by atoms with Gasteiger partial charge in [0.05, 0.1) is 0 Å². The Labute approximate surface area is 516 Å². The zero-order chi connectivity index (χ0) is 60.8. The van der Waals surface area contributed by atoms with Crippen LogP contribution in [0.1, 0.15) is 380 Å². The van der Waals surface area contributed by atoms with E-state index >= 15 is 4.57 Å². The summed E-state index contributed by atoms with van der Waals surface area (Å²) in [5.41, 5.74) is 21.6. The van der Waals surface area contributed by atoms with Crippen molar-refractivity contribution in [1.29, 1.82) is 0 Å². The van der Waals surface area contributed by atoms with Crippen molar-refractivity contribution in [3.63, 3.8) is 0 Å². The van der Waals surface area contributed by atoms with E-state index in [-0.39, 0.29) is 0 Å². The van der Waals surface area contributed by atoms with Crippen LogP contribution < -0.4 is 13.6 Å². The number of unbranched alkanes of at least 4 members (excludes halogenated alkanes) is 15. The fourth-order valence-electron chi connectivity index (χ4n) is 13.3. The average Bonchev–Trinajstić information content (AvgIpc) is 2.89. The van der Waals surface area contributed by atoms with E-state index in [4.69, 9.17) is 13.6 Å². The zero-order valence-electron chi connectivity index (χ0n) is 57.9. The zero-order valence-corrected chi connectivity index (χ0v) is 58.8. The van der Waals surface area contributed by atoms with Gasteiger partial charge in [-0.25, -0.2) is 0 Å². The molecule has 0 saturated carbocycles. The van der Waals surface area contributed by atoms with Crippen molar-refractivity contribution < 1.29 is 18.1 Å². The molecule has 4 nitrogen and oxygen atoms in total. The molecule has 0 fully saturated rings. The van der Waals surface area contributed by atoms with Gasteiger partial charge in [-0.3, -0.25) is 0 Å². The Balaban J connectivity index is 3.02. The van der Waals surface area contributed by atoms with E-state index < -0.39 is 7.82 Å². The molecule has 3 aromatic carbocycles. The highest BCUT2D eigenvalue weighted by Gasteiger charge is 2.42. The van der Waals surface area contributed by atoms with E-state index in [2.05, 4.69) is 104 Å². The van der Waals surface area contributed by atoms with Gasteiger partial charge >= 0.3 is 7.82 Å². The Kier molecular flexibility index (Phi) is 39.4. The Morgan fingerprint density at radius 2 is 0.277 bits per heavy atom. The van der Waals surface area contributed by atoms with Crippen LogP contribution in [-0.4, -0.2) is 0 Å². The van der Waals surface area contributed by atoms with Gasteiger partial charge in [0.25, 0.3) is 0 Å². The van der Waals surface area contributed by atoms with Crippen LogP contribution in [0.4, 0.5) is 0 Å². The minimum atomic E-state index is -4.62.